The smallest absolute Gasteiger partial charge is 0.263 e. The van der Waals surface area contributed by atoms with Crippen LogP contribution in [-0.4, -0.2) is 13.4 Å². The van der Waals surface area contributed by atoms with Crippen LogP contribution in [0.15, 0.2) is 35.4 Å². The van der Waals surface area contributed by atoms with E-state index in [4.69, 9.17) is 34.8 Å². The van der Waals surface area contributed by atoms with Crippen LogP contribution in [0.2, 0.25) is 15.2 Å². The molecule has 2 aromatic rings. The Balaban J connectivity index is 2.40. The second-order valence-electron chi connectivity index (χ2n) is 4.01. The second-order valence-corrected chi connectivity index (χ2v) is 6.86. The molecule has 8 heteroatoms. The van der Waals surface area contributed by atoms with Crippen LogP contribution >= 0.6 is 34.8 Å². The third-order valence-corrected chi connectivity index (χ3v) is 4.96. The number of pyridine rings is 1. The SMILES string of the molecule is Cc1cc(S(=O)(=O)Nc2ccc(Cl)nc2)c(Cl)cc1Cl. The lowest BCUT2D eigenvalue weighted by Gasteiger charge is -2.10. The summed E-state index contributed by atoms with van der Waals surface area (Å²) in [4.78, 5) is 3.75. The van der Waals surface area contributed by atoms with Crippen LogP contribution < -0.4 is 4.72 Å². The van der Waals surface area contributed by atoms with Gasteiger partial charge in [-0.1, -0.05) is 34.8 Å². The van der Waals surface area contributed by atoms with Gasteiger partial charge in [-0.2, -0.15) is 0 Å². The summed E-state index contributed by atoms with van der Waals surface area (Å²) in [6.45, 7) is 1.70. The molecule has 0 atom stereocenters. The van der Waals surface area contributed by atoms with E-state index in [0.717, 1.165) is 0 Å². The van der Waals surface area contributed by atoms with E-state index in [1.807, 2.05) is 0 Å². The molecule has 0 saturated carbocycles. The largest absolute Gasteiger partial charge is 0.278 e. The molecule has 20 heavy (non-hydrogen) atoms. The monoisotopic (exact) mass is 350 g/mol. The number of nitrogens with zero attached hydrogens (tertiary/aromatic N) is 1. The van der Waals surface area contributed by atoms with Crippen LogP contribution in [0.5, 0.6) is 0 Å². The van der Waals surface area contributed by atoms with Gasteiger partial charge in [-0.05, 0) is 36.8 Å². The van der Waals surface area contributed by atoms with Crippen molar-refractivity contribution >= 4 is 50.5 Å². The zero-order valence-electron chi connectivity index (χ0n) is 10.2. The highest BCUT2D eigenvalue weighted by atomic mass is 35.5. The summed E-state index contributed by atoms with van der Waals surface area (Å²) in [5.41, 5.74) is 0.906. The highest BCUT2D eigenvalue weighted by Crippen LogP contribution is 2.29. The van der Waals surface area contributed by atoms with E-state index in [-0.39, 0.29) is 20.8 Å². The molecule has 0 unspecified atom stereocenters. The molecule has 1 heterocycles. The zero-order chi connectivity index (χ0) is 14.9. The maximum atomic E-state index is 12.3. The summed E-state index contributed by atoms with van der Waals surface area (Å²) in [6.07, 6.45) is 1.32. The Hall–Kier alpha value is -1.01. The number of anilines is 1. The number of sulfonamides is 1. The molecular weight excluding hydrogens is 343 g/mol. The first-order valence-electron chi connectivity index (χ1n) is 5.39. The quantitative estimate of drug-likeness (QED) is 0.845. The minimum atomic E-state index is -3.82. The molecule has 0 aliphatic rings. The Bertz CT molecular complexity index is 746. The van der Waals surface area contributed by atoms with E-state index in [2.05, 4.69) is 9.71 Å². The van der Waals surface area contributed by atoms with E-state index >= 15 is 0 Å². The number of aromatic nitrogens is 1. The lowest BCUT2D eigenvalue weighted by Crippen LogP contribution is -2.14. The Labute approximate surface area is 131 Å². The van der Waals surface area contributed by atoms with Crippen molar-refractivity contribution in [3.05, 3.63) is 51.2 Å². The highest BCUT2D eigenvalue weighted by molar-refractivity contribution is 7.92. The fourth-order valence-electron chi connectivity index (χ4n) is 1.48. The zero-order valence-corrected chi connectivity index (χ0v) is 13.3. The maximum Gasteiger partial charge on any atom is 0.263 e. The number of hydrogen-bond donors (Lipinski definition) is 1. The first-order chi connectivity index (χ1) is 9.29. The summed E-state index contributed by atoms with van der Waals surface area (Å²) in [6, 6.07) is 5.79. The number of hydrogen-bond acceptors (Lipinski definition) is 3. The number of aryl methyl sites for hydroxylation is 1. The topological polar surface area (TPSA) is 59.1 Å². The van der Waals surface area contributed by atoms with Gasteiger partial charge < -0.3 is 0 Å². The van der Waals surface area contributed by atoms with Gasteiger partial charge in [0.1, 0.15) is 10.0 Å². The van der Waals surface area contributed by atoms with Gasteiger partial charge in [0.25, 0.3) is 10.0 Å². The van der Waals surface area contributed by atoms with Crippen molar-refractivity contribution in [1.29, 1.82) is 0 Å². The molecule has 0 bridgehead atoms. The minimum Gasteiger partial charge on any atom is -0.278 e. The van der Waals surface area contributed by atoms with Gasteiger partial charge in [-0.3, -0.25) is 4.72 Å². The predicted molar refractivity (Wildman–Crippen MR) is 81.3 cm³/mol. The summed E-state index contributed by atoms with van der Waals surface area (Å²) in [7, 11) is -3.82. The molecule has 4 nitrogen and oxygen atoms in total. The Morgan fingerprint density at radius 3 is 2.40 bits per heavy atom. The molecule has 0 aliphatic heterocycles. The third-order valence-electron chi connectivity index (χ3n) is 2.48. The van der Waals surface area contributed by atoms with Gasteiger partial charge in [0.05, 0.1) is 16.9 Å². The molecule has 0 aliphatic carbocycles. The summed E-state index contributed by atoms with van der Waals surface area (Å²) in [5, 5.41) is 0.727. The average molecular weight is 352 g/mol. The van der Waals surface area contributed by atoms with Gasteiger partial charge in [-0.25, -0.2) is 13.4 Å². The van der Waals surface area contributed by atoms with Crippen molar-refractivity contribution < 1.29 is 8.42 Å². The third kappa shape index (κ3) is 3.35. The van der Waals surface area contributed by atoms with Crippen molar-refractivity contribution in [1.82, 2.24) is 4.98 Å². The lowest BCUT2D eigenvalue weighted by atomic mass is 10.2. The molecule has 1 N–H and O–H groups in total. The van der Waals surface area contributed by atoms with E-state index < -0.39 is 10.0 Å². The maximum absolute atomic E-state index is 12.3. The molecule has 0 radical (unpaired) electrons. The van der Waals surface area contributed by atoms with Crippen molar-refractivity contribution in [2.75, 3.05) is 4.72 Å². The standard InChI is InChI=1S/C12H9Cl3N2O2S/c1-7-4-11(10(14)5-9(7)13)20(18,19)17-8-2-3-12(15)16-6-8/h2-6,17H,1H3. The minimum absolute atomic E-state index is 0.0454. The van der Waals surface area contributed by atoms with Crippen LogP contribution in [0.3, 0.4) is 0 Å². The van der Waals surface area contributed by atoms with Gasteiger partial charge in [0, 0.05) is 5.02 Å². The fraction of sp³-hybridized carbons (Fsp3) is 0.0833. The van der Waals surface area contributed by atoms with Crippen molar-refractivity contribution in [2.24, 2.45) is 0 Å². The summed E-state index contributed by atoms with van der Waals surface area (Å²) >= 11 is 17.5. The van der Waals surface area contributed by atoms with E-state index in [0.29, 0.717) is 10.6 Å². The van der Waals surface area contributed by atoms with Crippen molar-refractivity contribution in [3.63, 3.8) is 0 Å². The Morgan fingerprint density at radius 1 is 1.10 bits per heavy atom. The number of benzene rings is 1. The van der Waals surface area contributed by atoms with Crippen molar-refractivity contribution in [3.8, 4) is 0 Å². The van der Waals surface area contributed by atoms with E-state index in [1.54, 1.807) is 6.92 Å². The molecule has 1 aromatic heterocycles. The van der Waals surface area contributed by atoms with Gasteiger partial charge in [0.2, 0.25) is 0 Å². The highest BCUT2D eigenvalue weighted by Gasteiger charge is 2.19. The molecule has 0 saturated heterocycles. The van der Waals surface area contributed by atoms with E-state index in [1.165, 1.54) is 30.5 Å². The number of halogens is 3. The lowest BCUT2D eigenvalue weighted by molar-refractivity contribution is 0.601. The Morgan fingerprint density at radius 2 is 1.80 bits per heavy atom. The summed E-state index contributed by atoms with van der Waals surface area (Å²) < 4.78 is 26.9. The van der Waals surface area contributed by atoms with Crippen LogP contribution in [0, 0.1) is 6.92 Å². The first kappa shape index (κ1) is 15.4. The molecule has 1 aromatic carbocycles. The molecular formula is C12H9Cl3N2O2S. The number of nitrogens with one attached hydrogen (secondary N) is 1. The van der Waals surface area contributed by atoms with Gasteiger partial charge in [-0.15, -0.1) is 0 Å². The predicted octanol–water partition coefficient (Wildman–Crippen LogP) is 4.15. The molecule has 0 spiro atoms. The molecule has 2 rings (SSSR count). The van der Waals surface area contributed by atoms with Crippen LogP contribution in [0.25, 0.3) is 0 Å². The fourth-order valence-corrected chi connectivity index (χ4v) is 3.47. The van der Waals surface area contributed by atoms with E-state index in [9.17, 15) is 8.42 Å². The van der Waals surface area contributed by atoms with Crippen LogP contribution in [-0.2, 0) is 10.0 Å². The number of rotatable bonds is 3. The average Bonchev–Trinajstić information content (AvgIpc) is 2.36. The van der Waals surface area contributed by atoms with Crippen molar-refractivity contribution in [2.45, 2.75) is 11.8 Å². The summed E-state index contributed by atoms with van der Waals surface area (Å²) in [5.74, 6) is 0. The normalized spacial score (nSPS) is 11.4. The Kier molecular flexibility index (Phi) is 4.44. The first-order valence-corrected chi connectivity index (χ1v) is 8.01. The van der Waals surface area contributed by atoms with Crippen LogP contribution in [0.4, 0.5) is 5.69 Å². The molecule has 0 amide bonds. The molecule has 0 fully saturated rings. The van der Waals surface area contributed by atoms with Gasteiger partial charge in [0.15, 0.2) is 0 Å². The van der Waals surface area contributed by atoms with Crippen LogP contribution in [0.1, 0.15) is 5.56 Å². The molecule has 106 valence electrons. The second kappa shape index (κ2) is 5.77. The van der Waals surface area contributed by atoms with Gasteiger partial charge >= 0.3 is 0 Å².